The van der Waals surface area contributed by atoms with Gasteiger partial charge in [0.15, 0.2) is 5.96 Å². The molecule has 9 heteroatoms. The van der Waals surface area contributed by atoms with Crippen LogP contribution in [-0.2, 0) is 6.54 Å². The fraction of sp³-hybridized carbons (Fsp3) is 0.632. The van der Waals surface area contributed by atoms with Gasteiger partial charge in [-0.15, -0.1) is 35.7 Å². The van der Waals surface area contributed by atoms with Crippen molar-refractivity contribution in [1.29, 1.82) is 0 Å². The summed E-state index contributed by atoms with van der Waals surface area (Å²) in [6.07, 6.45) is -1.29. The summed E-state index contributed by atoms with van der Waals surface area (Å²) in [5.74, 6) is 0.914. The standard InChI is InChI=1S/C19H29F3N4S.HI/c1-4-23-18(25-11-16-6-5-14(2)9-17(16)27-3)24-10-15-7-8-26(12-15)13-19(20,21)22;/h5-6,9,15H,4,7-8,10-13H2,1-3H3,(H2,23,24,25);1H. The van der Waals surface area contributed by atoms with E-state index in [0.29, 0.717) is 32.1 Å². The maximum absolute atomic E-state index is 12.5. The van der Waals surface area contributed by atoms with E-state index in [-0.39, 0.29) is 29.9 Å². The second kappa shape index (κ2) is 12.1. The Labute approximate surface area is 187 Å². The van der Waals surface area contributed by atoms with E-state index in [4.69, 9.17) is 0 Å². The first-order valence-corrected chi connectivity index (χ1v) is 10.5. The molecule has 4 nitrogen and oxygen atoms in total. The molecule has 2 N–H and O–H groups in total. The van der Waals surface area contributed by atoms with Crippen LogP contribution in [-0.4, -0.2) is 56.0 Å². The normalized spacial score (nSPS) is 18.1. The SMILES string of the molecule is CCNC(=NCc1ccc(C)cc1SC)NCC1CCN(CC(F)(F)F)C1.I. The highest BCUT2D eigenvalue weighted by Crippen LogP contribution is 2.23. The number of aryl methyl sites for hydroxylation is 1. The minimum Gasteiger partial charge on any atom is -0.357 e. The van der Waals surface area contributed by atoms with Crippen LogP contribution in [0, 0.1) is 12.8 Å². The van der Waals surface area contributed by atoms with Gasteiger partial charge in [0, 0.05) is 24.5 Å². The molecule has 160 valence electrons. The van der Waals surface area contributed by atoms with Crippen LogP contribution in [0.2, 0.25) is 0 Å². The van der Waals surface area contributed by atoms with Crippen LogP contribution in [0.5, 0.6) is 0 Å². The van der Waals surface area contributed by atoms with Crippen LogP contribution in [0.1, 0.15) is 24.5 Å². The average molecular weight is 530 g/mol. The first kappa shape index (κ1) is 25.4. The zero-order valence-electron chi connectivity index (χ0n) is 16.6. The van der Waals surface area contributed by atoms with Gasteiger partial charge in [0.2, 0.25) is 0 Å². The molecular formula is C19H30F3IN4S. The summed E-state index contributed by atoms with van der Waals surface area (Å²) >= 11 is 1.71. The van der Waals surface area contributed by atoms with Crippen molar-refractivity contribution in [3.8, 4) is 0 Å². The van der Waals surface area contributed by atoms with E-state index in [1.807, 2.05) is 6.92 Å². The molecule has 1 aromatic carbocycles. The van der Waals surface area contributed by atoms with Crippen molar-refractivity contribution in [3.63, 3.8) is 0 Å². The molecule has 1 saturated heterocycles. The van der Waals surface area contributed by atoms with Crippen molar-refractivity contribution < 1.29 is 13.2 Å². The van der Waals surface area contributed by atoms with Crippen molar-refractivity contribution in [3.05, 3.63) is 29.3 Å². The Hall–Kier alpha value is -0.680. The quantitative estimate of drug-likeness (QED) is 0.239. The third-order valence-electron chi connectivity index (χ3n) is 4.53. The molecule has 1 aliphatic heterocycles. The molecule has 1 heterocycles. The number of nitrogens with zero attached hydrogens (tertiary/aromatic N) is 2. The van der Waals surface area contributed by atoms with Crippen LogP contribution in [0.25, 0.3) is 0 Å². The van der Waals surface area contributed by atoms with Gasteiger partial charge in [-0.2, -0.15) is 13.2 Å². The minimum absolute atomic E-state index is 0. The molecule has 0 spiro atoms. The Morgan fingerprint density at radius 1 is 1.32 bits per heavy atom. The van der Waals surface area contributed by atoms with Gasteiger partial charge in [-0.1, -0.05) is 12.1 Å². The van der Waals surface area contributed by atoms with Gasteiger partial charge in [0.05, 0.1) is 13.1 Å². The summed E-state index contributed by atoms with van der Waals surface area (Å²) in [6.45, 7) is 6.15. The first-order valence-electron chi connectivity index (χ1n) is 9.25. The minimum atomic E-state index is -4.12. The molecule has 1 unspecified atom stereocenters. The van der Waals surface area contributed by atoms with Crippen molar-refractivity contribution >= 4 is 41.7 Å². The summed E-state index contributed by atoms with van der Waals surface area (Å²) in [7, 11) is 0. The van der Waals surface area contributed by atoms with Crippen LogP contribution in [0.15, 0.2) is 28.1 Å². The molecule has 28 heavy (non-hydrogen) atoms. The van der Waals surface area contributed by atoms with E-state index in [9.17, 15) is 13.2 Å². The molecular weight excluding hydrogens is 500 g/mol. The summed E-state index contributed by atoms with van der Waals surface area (Å²) in [5, 5.41) is 6.50. The van der Waals surface area contributed by atoms with Crippen LogP contribution in [0.3, 0.4) is 0 Å². The van der Waals surface area contributed by atoms with Gasteiger partial charge in [-0.25, -0.2) is 4.99 Å². The molecule has 1 fully saturated rings. The fourth-order valence-corrected chi connectivity index (χ4v) is 3.90. The van der Waals surface area contributed by atoms with Crippen molar-refractivity contribution in [2.45, 2.75) is 37.9 Å². The molecule has 0 aliphatic carbocycles. The predicted octanol–water partition coefficient (Wildman–Crippen LogP) is 4.27. The zero-order valence-corrected chi connectivity index (χ0v) is 19.8. The Morgan fingerprint density at radius 2 is 2.07 bits per heavy atom. The second-order valence-corrected chi connectivity index (χ2v) is 7.74. The monoisotopic (exact) mass is 530 g/mol. The van der Waals surface area contributed by atoms with Crippen molar-refractivity contribution in [2.75, 3.05) is 39.0 Å². The topological polar surface area (TPSA) is 39.7 Å². The number of nitrogens with one attached hydrogen (secondary N) is 2. The molecule has 1 aliphatic rings. The van der Waals surface area contributed by atoms with Crippen molar-refractivity contribution in [1.82, 2.24) is 15.5 Å². The Balaban J connectivity index is 0.00000392. The molecule has 1 aromatic rings. The highest BCUT2D eigenvalue weighted by atomic mass is 127. The number of rotatable bonds is 7. The number of aliphatic imine (C=N–C) groups is 1. The molecule has 0 saturated carbocycles. The van der Waals surface area contributed by atoms with Crippen LogP contribution < -0.4 is 10.6 Å². The van der Waals surface area contributed by atoms with E-state index in [0.717, 1.165) is 13.0 Å². The highest BCUT2D eigenvalue weighted by molar-refractivity contribution is 14.0. The van der Waals surface area contributed by atoms with E-state index >= 15 is 0 Å². The lowest BCUT2D eigenvalue weighted by Crippen LogP contribution is -2.40. The smallest absolute Gasteiger partial charge is 0.357 e. The Morgan fingerprint density at radius 3 is 2.71 bits per heavy atom. The second-order valence-electron chi connectivity index (χ2n) is 6.90. The third-order valence-corrected chi connectivity index (χ3v) is 5.35. The number of guanidine groups is 1. The third kappa shape index (κ3) is 8.77. The largest absolute Gasteiger partial charge is 0.401 e. The number of likely N-dealkylation sites (tertiary alicyclic amines) is 1. The number of benzene rings is 1. The van der Waals surface area contributed by atoms with Gasteiger partial charge in [-0.3, -0.25) is 4.90 Å². The molecule has 0 radical (unpaired) electrons. The number of hydrogen-bond donors (Lipinski definition) is 2. The Kier molecular flexibility index (Phi) is 11.0. The molecule has 1 atom stereocenters. The van der Waals surface area contributed by atoms with Crippen molar-refractivity contribution in [2.24, 2.45) is 10.9 Å². The fourth-order valence-electron chi connectivity index (χ4n) is 3.21. The first-order chi connectivity index (χ1) is 12.8. The van der Waals surface area contributed by atoms with Crippen LogP contribution >= 0.6 is 35.7 Å². The van der Waals surface area contributed by atoms with E-state index in [1.165, 1.54) is 20.9 Å². The molecule has 2 rings (SSSR count). The van der Waals surface area contributed by atoms with Crippen LogP contribution in [0.4, 0.5) is 13.2 Å². The molecule has 0 amide bonds. The predicted molar refractivity (Wildman–Crippen MR) is 122 cm³/mol. The Bertz CT molecular complexity index is 640. The van der Waals surface area contributed by atoms with Gasteiger partial charge < -0.3 is 10.6 Å². The van der Waals surface area contributed by atoms with E-state index < -0.39 is 12.7 Å². The summed E-state index contributed by atoms with van der Waals surface area (Å²) < 4.78 is 37.5. The lowest BCUT2D eigenvalue weighted by Gasteiger charge is -2.18. The lowest BCUT2D eigenvalue weighted by atomic mass is 10.1. The summed E-state index contributed by atoms with van der Waals surface area (Å²) in [6, 6.07) is 6.34. The average Bonchev–Trinajstić information content (AvgIpc) is 3.03. The molecule has 0 bridgehead atoms. The summed E-state index contributed by atoms with van der Waals surface area (Å²) in [4.78, 5) is 7.34. The number of halogens is 4. The zero-order chi connectivity index (χ0) is 19.9. The highest BCUT2D eigenvalue weighted by Gasteiger charge is 2.34. The van der Waals surface area contributed by atoms with Gasteiger partial charge in [0.25, 0.3) is 0 Å². The van der Waals surface area contributed by atoms with Gasteiger partial charge in [0.1, 0.15) is 0 Å². The number of thioether (sulfide) groups is 1. The van der Waals surface area contributed by atoms with Gasteiger partial charge in [-0.05, 0) is 56.2 Å². The van der Waals surface area contributed by atoms with E-state index in [2.05, 4.69) is 47.0 Å². The maximum atomic E-state index is 12.5. The summed E-state index contributed by atoms with van der Waals surface area (Å²) in [5.41, 5.74) is 2.39. The lowest BCUT2D eigenvalue weighted by molar-refractivity contribution is -0.143. The van der Waals surface area contributed by atoms with Gasteiger partial charge >= 0.3 is 6.18 Å². The maximum Gasteiger partial charge on any atom is 0.401 e. The number of hydrogen-bond acceptors (Lipinski definition) is 3. The number of alkyl halides is 3. The molecule has 0 aromatic heterocycles. The van der Waals surface area contributed by atoms with E-state index in [1.54, 1.807) is 11.8 Å².